The van der Waals surface area contributed by atoms with Gasteiger partial charge in [0, 0.05) is 36.9 Å². The maximum Gasteiger partial charge on any atom is 0.0974 e. The van der Waals surface area contributed by atoms with E-state index in [1.54, 1.807) is 0 Å². The third-order valence-electron chi connectivity index (χ3n) is 11.5. The van der Waals surface area contributed by atoms with Crippen molar-refractivity contribution in [3.8, 4) is 0 Å². The molecule has 2 bridgehead atoms. The smallest absolute Gasteiger partial charge is 0.0974 e. The van der Waals surface area contributed by atoms with Gasteiger partial charge in [0.25, 0.3) is 0 Å². The van der Waals surface area contributed by atoms with Crippen LogP contribution >= 0.6 is 0 Å². The fourth-order valence-electron chi connectivity index (χ4n) is 9.66. The van der Waals surface area contributed by atoms with Crippen LogP contribution in [0.5, 0.6) is 0 Å². The first kappa shape index (κ1) is 22.9. The van der Waals surface area contributed by atoms with Gasteiger partial charge in [0.1, 0.15) is 0 Å². The number of hydrogen-bond acceptors (Lipinski definition) is 5. The average Bonchev–Trinajstić information content (AvgIpc) is 3.54. The van der Waals surface area contributed by atoms with Gasteiger partial charge in [0.05, 0.1) is 23.4 Å². The second kappa shape index (κ2) is 7.75. The molecule has 2 saturated heterocycles. The summed E-state index contributed by atoms with van der Waals surface area (Å²) in [7, 11) is 0. The summed E-state index contributed by atoms with van der Waals surface area (Å²) in [6.07, 6.45) is 16.7. The first-order chi connectivity index (χ1) is 17.9. The Morgan fingerprint density at radius 2 is 1.89 bits per heavy atom. The van der Waals surface area contributed by atoms with E-state index in [4.69, 9.17) is 4.74 Å². The highest BCUT2D eigenvalue weighted by Crippen LogP contribution is 2.69. The van der Waals surface area contributed by atoms with Crippen molar-refractivity contribution in [1.29, 1.82) is 0 Å². The summed E-state index contributed by atoms with van der Waals surface area (Å²) in [6, 6.07) is 9.50. The van der Waals surface area contributed by atoms with Gasteiger partial charge < -0.3 is 14.9 Å². The Labute approximate surface area is 219 Å². The zero-order valence-corrected chi connectivity index (χ0v) is 21.8. The van der Waals surface area contributed by atoms with E-state index in [1.165, 1.54) is 40.3 Å². The average molecular weight is 499 g/mol. The number of aromatic nitrogens is 1. The van der Waals surface area contributed by atoms with E-state index in [0.29, 0.717) is 31.0 Å². The topological polar surface area (TPSA) is 65.8 Å². The van der Waals surface area contributed by atoms with Crippen LogP contribution in [0.15, 0.2) is 60.0 Å². The summed E-state index contributed by atoms with van der Waals surface area (Å²) in [4.78, 5) is 6.70. The van der Waals surface area contributed by atoms with Crippen LogP contribution in [0.25, 0.3) is 10.8 Å². The van der Waals surface area contributed by atoms with E-state index >= 15 is 0 Å². The summed E-state index contributed by atoms with van der Waals surface area (Å²) >= 11 is 0. The van der Waals surface area contributed by atoms with Crippen LogP contribution in [-0.2, 0) is 4.74 Å². The first-order valence-electron chi connectivity index (χ1n) is 14.5. The number of aliphatic hydroxyl groups excluding tert-OH is 2. The molecule has 3 aliphatic carbocycles. The van der Waals surface area contributed by atoms with E-state index in [1.807, 2.05) is 12.4 Å². The second-order valence-electron chi connectivity index (χ2n) is 13.2. The van der Waals surface area contributed by atoms with E-state index in [9.17, 15) is 10.2 Å². The highest BCUT2D eigenvalue weighted by Gasteiger charge is 2.66. The Kier molecular flexibility index (Phi) is 4.80. The SMILES string of the molecule is C[C@]12CC=C3C=C4CC[C@@H](N5C[C@H](O)[C@@H](O)C5)C[C@]45CCC3(O5)[C@@H]1CCC2c1ccc2ccncc2c1. The van der Waals surface area contributed by atoms with Crippen molar-refractivity contribution < 1.29 is 14.9 Å². The zero-order chi connectivity index (χ0) is 25.0. The lowest BCUT2D eigenvalue weighted by molar-refractivity contribution is -0.140. The molecule has 6 aliphatic rings. The van der Waals surface area contributed by atoms with Gasteiger partial charge in [-0.05, 0) is 103 Å². The molecule has 1 aromatic carbocycles. The second-order valence-corrected chi connectivity index (χ2v) is 13.2. The number of allylic oxidation sites excluding steroid dienone is 1. The van der Waals surface area contributed by atoms with Crippen molar-refractivity contribution in [1.82, 2.24) is 9.88 Å². The number of likely N-dealkylation sites (tertiary alicyclic amines) is 1. The van der Waals surface area contributed by atoms with Gasteiger partial charge in [-0.15, -0.1) is 0 Å². The van der Waals surface area contributed by atoms with E-state index < -0.39 is 12.2 Å². The number of benzene rings is 1. The van der Waals surface area contributed by atoms with Gasteiger partial charge in [-0.2, -0.15) is 0 Å². The molecule has 4 fully saturated rings. The number of pyridine rings is 1. The van der Waals surface area contributed by atoms with Gasteiger partial charge in [-0.1, -0.05) is 31.2 Å². The zero-order valence-electron chi connectivity index (χ0n) is 21.8. The van der Waals surface area contributed by atoms with Crippen molar-refractivity contribution in [2.24, 2.45) is 11.3 Å². The van der Waals surface area contributed by atoms with E-state index in [0.717, 1.165) is 38.5 Å². The predicted molar refractivity (Wildman–Crippen MR) is 143 cm³/mol. The highest BCUT2D eigenvalue weighted by molar-refractivity contribution is 5.82. The van der Waals surface area contributed by atoms with Crippen LogP contribution in [0.4, 0.5) is 0 Å². The standard InChI is InChI=1S/C32H38N2O3/c1-30-10-8-24-15-23-4-5-25(34-18-27(35)28(36)19-34)16-31(23)11-12-32(24,37-31)29(30)7-6-26(30)21-3-2-20-9-13-33-17-22(20)14-21/h2-3,8-9,13-15,17,25-29,35-36H,4-7,10-12,16,18-19H2,1H3/t25-,26?,27+,28+,29-,30-,31-,32?/m1/s1. The third kappa shape index (κ3) is 3.09. The lowest BCUT2D eigenvalue weighted by Gasteiger charge is -2.55. The Morgan fingerprint density at radius 3 is 2.76 bits per heavy atom. The van der Waals surface area contributed by atoms with Crippen LogP contribution in [-0.4, -0.2) is 62.6 Å². The molecule has 5 heteroatoms. The maximum atomic E-state index is 10.2. The van der Waals surface area contributed by atoms with Crippen molar-refractivity contribution in [3.05, 3.63) is 65.5 Å². The molecule has 0 radical (unpaired) electrons. The Bertz CT molecular complexity index is 1330. The predicted octanol–water partition coefficient (Wildman–Crippen LogP) is 4.88. The van der Waals surface area contributed by atoms with Gasteiger partial charge in [-0.25, -0.2) is 0 Å². The van der Waals surface area contributed by atoms with Crippen molar-refractivity contribution in [2.45, 2.75) is 93.7 Å². The number of aliphatic hydroxyl groups is 2. The monoisotopic (exact) mass is 498 g/mol. The molecule has 3 aliphatic heterocycles. The summed E-state index contributed by atoms with van der Waals surface area (Å²) in [5.41, 5.74) is 4.30. The molecule has 2 spiro atoms. The number of nitrogens with zero attached hydrogens (tertiary/aromatic N) is 2. The van der Waals surface area contributed by atoms with Gasteiger partial charge in [-0.3, -0.25) is 9.88 Å². The van der Waals surface area contributed by atoms with E-state index in [-0.39, 0.29) is 16.6 Å². The largest absolute Gasteiger partial charge is 0.389 e. The molecule has 5 nitrogen and oxygen atoms in total. The fraction of sp³-hybridized carbons (Fsp3) is 0.594. The molecule has 4 heterocycles. The van der Waals surface area contributed by atoms with Crippen LogP contribution in [0, 0.1) is 11.3 Å². The molecule has 194 valence electrons. The summed E-state index contributed by atoms with van der Waals surface area (Å²) in [5, 5.41) is 22.9. The summed E-state index contributed by atoms with van der Waals surface area (Å²) in [5.74, 6) is 1.06. The normalized spacial score (nSPS) is 44.8. The minimum atomic E-state index is -0.619. The van der Waals surface area contributed by atoms with E-state index in [2.05, 4.69) is 53.2 Å². The van der Waals surface area contributed by atoms with Gasteiger partial charge in [0.2, 0.25) is 0 Å². The number of hydrogen-bond donors (Lipinski definition) is 2. The third-order valence-corrected chi connectivity index (χ3v) is 11.5. The summed E-state index contributed by atoms with van der Waals surface area (Å²) in [6.45, 7) is 3.71. The quantitative estimate of drug-likeness (QED) is 0.618. The summed E-state index contributed by atoms with van der Waals surface area (Å²) < 4.78 is 7.46. The number of β-amino-alcohol motifs (C(OH)–C–C–N with tert-alkyl or cyclic N) is 2. The number of ether oxygens (including phenoxy) is 1. The van der Waals surface area contributed by atoms with Crippen LogP contribution in [0.2, 0.25) is 0 Å². The minimum Gasteiger partial charge on any atom is -0.389 e. The lowest BCUT2D eigenvalue weighted by atomic mass is 9.58. The van der Waals surface area contributed by atoms with Gasteiger partial charge >= 0.3 is 0 Å². The number of rotatable bonds is 2. The first-order valence-corrected chi connectivity index (χ1v) is 14.5. The molecular weight excluding hydrogens is 460 g/mol. The van der Waals surface area contributed by atoms with Crippen LogP contribution in [0.1, 0.15) is 69.8 Å². The Balaban J connectivity index is 1.12. The molecule has 2 N–H and O–H groups in total. The van der Waals surface area contributed by atoms with Crippen LogP contribution < -0.4 is 0 Å². The Hall–Kier alpha value is -2.05. The lowest BCUT2D eigenvalue weighted by Crippen LogP contribution is -2.55. The van der Waals surface area contributed by atoms with Crippen LogP contribution in [0.3, 0.4) is 0 Å². The van der Waals surface area contributed by atoms with Crippen molar-refractivity contribution in [3.63, 3.8) is 0 Å². The molecule has 8 rings (SSSR count). The molecule has 8 atom stereocenters. The molecule has 0 amide bonds. The van der Waals surface area contributed by atoms with Crippen molar-refractivity contribution >= 4 is 10.8 Å². The van der Waals surface area contributed by atoms with Crippen molar-refractivity contribution in [2.75, 3.05) is 13.1 Å². The molecule has 1 aromatic heterocycles. The minimum absolute atomic E-state index is 0.157. The Morgan fingerprint density at radius 1 is 1.03 bits per heavy atom. The van der Waals surface area contributed by atoms with Gasteiger partial charge in [0.15, 0.2) is 0 Å². The molecule has 2 unspecified atom stereocenters. The molecule has 2 aromatic rings. The number of fused-ring (bicyclic) bond motifs is 2. The highest BCUT2D eigenvalue weighted by atomic mass is 16.5. The molecule has 2 saturated carbocycles. The molecular formula is C32H38N2O3. The fourth-order valence-corrected chi connectivity index (χ4v) is 9.66. The maximum absolute atomic E-state index is 10.2. The molecule has 37 heavy (non-hydrogen) atoms.